The third-order valence-electron chi connectivity index (χ3n) is 5.61. The van der Waals surface area contributed by atoms with Crippen LogP contribution in [-0.2, 0) is 13.1 Å². The Labute approximate surface area is 171 Å². The van der Waals surface area contributed by atoms with Gasteiger partial charge in [0.2, 0.25) is 0 Å². The van der Waals surface area contributed by atoms with Crippen LogP contribution in [0.1, 0.15) is 39.3 Å². The van der Waals surface area contributed by atoms with Crippen LogP contribution in [-0.4, -0.2) is 52.9 Å². The van der Waals surface area contributed by atoms with Crippen LogP contribution >= 0.6 is 0 Å². The highest BCUT2D eigenvalue weighted by molar-refractivity contribution is 6.00. The number of nitrogens with zero attached hydrogens (tertiary/aromatic N) is 3. The highest BCUT2D eigenvalue weighted by Gasteiger charge is 2.24. The summed E-state index contributed by atoms with van der Waals surface area (Å²) in [4.78, 5) is 24.9. The summed E-state index contributed by atoms with van der Waals surface area (Å²) < 4.78 is 0. The first-order valence-corrected chi connectivity index (χ1v) is 10.2. The van der Waals surface area contributed by atoms with Crippen molar-refractivity contribution in [2.45, 2.75) is 33.4 Å². The molecule has 6 heteroatoms. The number of anilines is 1. The van der Waals surface area contributed by atoms with E-state index < -0.39 is 0 Å². The number of fused-ring (bicyclic) bond motifs is 1. The van der Waals surface area contributed by atoms with Crippen molar-refractivity contribution in [2.75, 3.05) is 32.5 Å². The van der Waals surface area contributed by atoms with Crippen molar-refractivity contribution in [3.63, 3.8) is 0 Å². The minimum Gasteiger partial charge on any atom is -0.364 e. The standard InChI is InChI=1S/C23H29N5O/c1-15-16(2)25-21-19(15)12-20(23(29)28-9-6-10-28)26-22(21)24-13-17-7-5-8-18(11-17)14-27(3)4/h5,7-8,11-12,25H,6,9-10,13-14H2,1-4H3,(H,24,26). The van der Waals surface area contributed by atoms with Gasteiger partial charge in [-0.3, -0.25) is 4.79 Å². The van der Waals surface area contributed by atoms with Gasteiger partial charge in [0.25, 0.3) is 5.91 Å². The molecule has 1 aliphatic rings. The zero-order chi connectivity index (χ0) is 20.5. The summed E-state index contributed by atoms with van der Waals surface area (Å²) in [6.45, 7) is 7.35. The molecule has 4 rings (SSSR count). The highest BCUT2D eigenvalue weighted by Crippen LogP contribution is 2.28. The van der Waals surface area contributed by atoms with E-state index in [-0.39, 0.29) is 5.91 Å². The van der Waals surface area contributed by atoms with Gasteiger partial charge in [-0.2, -0.15) is 0 Å². The monoisotopic (exact) mass is 391 g/mol. The number of hydrogen-bond acceptors (Lipinski definition) is 4. The number of carbonyl (C=O) groups is 1. The van der Waals surface area contributed by atoms with Crippen molar-refractivity contribution in [3.8, 4) is 0 Å². The van der Waals surface area contributed by atoms with Gasteiger partial charge in [0.1, 0.15) is 5.69 Å². The van der Waals surface area contributed by atoms with E-state index in [9.17, 15) is 4.79 Å². The second-order valence-electron chi connectivity index (χ2n) is 8.21. The molecule has 2 N–H and O–H groups in total. The Balaban J connectivity index is 1.63. The van der Waals surface area contributed by atoms with Gasteiger partial charge in [-0.15, -0.1) is 0 Å². The first kappa shape index (κ1) is 19.5. The number of nitrogens with one attached hydrogen (secondary N) is 2. The summed E-state index contributed by atoms with van der Waals surface area (Å²) in [6.07, 6.45) is 1.07. The number of benzene rings is 1. The summed E-state index contributed by atoms with van der Waals surface area (Å²) >= 11 is 0. The number of carbonyl (C=O) groups excluding carboxylic acids is 1. The second-order valence-corrected chi connectivity index (χ2v) is 8.21. The van der Waals surface area contributed by atoms with Gasteiger partial charge in [-0.05, 0) is 57.1 Å². The number of pyridine rings is 1. The zero-order valence-corrected chi connectivity index (χ0v) is 17.7. The molecule has 1 amide bonds. The van der Waals surface area contributed by atoms with Gasteiger partial charge >= 0.3 is 0 Å². The van der Waals surface area contributed by atoms with Crippen LogP contribution in [0.2, 0.25) is 0 Å². The van der Waals surface area contributed by atoms with Gasteiger partial charge in [0.05, 0.1) is 5.52 Å². The number of likely N-dealkylation sites (tertiary alicyclic amines) is 1. The van der Waals surface area contributed by atoms with Crippen LogP contribution in [0.3, 0.4) is 0 Å². The smallest absolute Gasteiger partial charge is 0.272 e. The van der Waals surface area contributed by atoms with Crippen molar-refractivity contribution in [2.24, 2.45) is 0 Å². The van der Waals surface area contributed by atoms with Crippen molar-refractivity contribution >= 4 is 22.6 Å². The van der Waals surface area contributed by atoms with E-state index in [1.54, 1.807) is 0 Å². The Kier molecular flexibility index (Phi) is 5.28. The number of rotatable bonds is 6. The van der Waals surface area contributed by atoms with Gasteiger partial charge < -0.3 is 20.1 Å². The van der Waals surface area contributed by atoms with Gasteiger partial charge in [-0.1, -0.05) is 24.3 Å². The maximum atomic E-state index is 12.8. The molecule has 1 aromatic carbocycles. The van der Waals surface area contributed by atoms with E-state index in [1.807, 2.05) is 11.0 Å². The summed E-state index contributed by atoms with van der Waals surface area (Å²) in [5, 5.41) is 4.53. The summed E-state index contributed by atoms with van der Waals surface area (Å²) in [5.41, 5.74) is 6.22. The lowest BCUT2D eigenvalue weighted by molar-refractivity contribution is 0.0646. The fourth-order valence-electron chi connectivity index (χ4n) is 3.76. The topological polar surface area (TPSA) is 64.3 Å². The molecular weight excluding hydrogens is 362 g/mol. The molecule has 0 aliphatic carbocycles. The van der Waals surface area contributed by atoms with E-state index in [0.717, 1.165) is 54.0 Å². The minimum atomic E-state index is 0.0208. The summed E-state index contributed by atoms with van der Waals surface area (Å²) in [5.74, 6) is 0.757. The van der Waals surface area contributed by atoms with Crippen LogP contribution in [0.25, 0.3) is 10.9 Å². The molecule has 0 radical (unpaired) electrons. The van der Waals surface area contributed by atoms with Crippen LogP contribution in [0.5, 0.6) is 0 Å². The average Bonchev–Trinajstić information content (AvgIpc) is 2.92. The lowest BCUT2D eigenvalue weighted by Crippen LogP contribution is -2.42. The molecule has 3 heterocycles. The maximum absolute atomic E-state index is 12.8. The highest BCUT2D eigenvalue weighted by atomic mass is 16.2. The van der Waals surface area contributed by atoms with Crippen molar-refractivity contribution in [1.29, 1.82) is 0 Å². The third kappa shape index (κ3) is 3.98. The minimum absolute atomic E-state index is 0.0208. The fourth-order valence-corrected chi connectivity index (χ4v) is 3.76. The number of aromatic amines is 1. The van der Waals surface area contributed by atoms with Crippen LogP contribution < -0.4 is 5.32 Å². The van der Waals surface area contributed by atoms with Gasteiger partial charge in [0.15, 0.2) is 5.82 Å². The normalized spacial score (nSPS) is 13.8. The fraction of sp³-hybridized carbons (Fsp3) is 0.391. The molecule has 0 saturated carbocycles. The molecule has 1 fully saturated rings. The molecule has 0 bridgehead atoms. The molecule has 0 atom stereocenters. The molecule has 29 heavy (non-hydrogen) atoms. The van der Waals surface area contributed by atoms with E-state index in [0.29, 0.717) is 12.2 Å². The van der Waals surface area contributed by atoms with Crippen LogP contribution in [0.4, 0.5) is 5.82 Å². The van der Waals surface area contributed by atoms with Crippen molar-refractivity contribution < 1.29 is 4.79 Å². The lowest BCUT2D eigenvalue weighted by Gasteiger charge is -2.30. The number of aromatic nitrogens is 2. The summed E-state index contributed by atoms with van der Waals surface area (Å²) in [7, 11) is 4.14. The first-order chi connectivity index (χ1) is 13.9. The SMILES string of the molecule is Cc1[nH]c2c(NCc3cccc(CN(C)C)c3)nc(C(=O)N3CCC3)cc2c1C. The second kappa shape index (κ2) is 7.87. The Morgan fingerprint density at radius 3 is 2.66 bits per heavy atom. The third-order valence-corrected chi connectivity index (χ3v) is 5.61. The Bertz CT molecular complexity index is 1050. The van der Waals surface area contributed by atoms with E-state index in [2.05, 4.69) is 67.4 Å². The maximum Gasteiger partial charge on any atom is 0.272 e. The molecule has 152 valence electrons. The number of hydrogen-bond donors (Lipinski definition) is 2. The average molecular weight is 392 g/mol. The molecule has 6 nitrogen and oxygen atoms in total. The van der Waals surface area contributed by atoms with Crippen molar-refractivity contribution in [1.82, 2.24) is 19.8 Å². The molecule has 0 spiro atoms. The number of H-pyrrole nitrogens is 1. The van der Waals surface area contributed by atoms with Crippen LogP contribution in [0, 0.1) is 13.8 Å². The number of aryl methyl sites for hydroxylation is 2. The zero-order valence-electron chi connectivity index (χ0n) is 17.7. The quantitative estimate of drug-likeness (QED) is 0.673. The number of amides is 1. The van der Waals surface area contributed by atoms with E-state index in [4.69, 9.17) is 4.98 Å². The van der Waals surface area contributed by atoms with Crippen molar-refractivity contribution in [3.05, 3.63) is 58.4 Å². The Hall–Kier alpha value is -2.86. The molecular formula is C23H29N5O. The molecule has 3 aromatic rings. The largest absolute Gasteiger partial charge is 0.364 e. The van der Waals surface area contributed by atoms with E-state index in [1.165, 1.54) is 11.1 Å². The van der Waals surface area contributed by atoms with E-state index >= 15 is 0 Å². The molecule has 1 saturated heterocycles. The Morgan fingerprint density at radius 2 is 1.97 bits per heavy atom. The molecule has 2 aromatic heterocycles. The summed E-state index contributed by atoms with van der Waals surface area (Å²) in [6, 6.07) is 10.5. The van der Waals surface area contributed by atoms with Crippen LogP contribution in [0.15, 0.2) is 30.3 Å². The lowest BCUT2D eigenvalue weighted by atomic mass is 10.1. The van der Waals surface area contributed by atoms with Gasteiger partial charge in [0, 0.05) is 37.3 Å². The molecule has 1 aliphatic heterocycles. The first-order valence-electron chi connectivity index (χ1n) is 10.2. The Morgan fingerprint density at radius 1 is 1.21 bits per heavy atom. The van der Waals surface area contributed by atoms with Gasteiger partial charge in [-0.25, -0.2) is 4.98 Å². The predicted molar refractivity (Wildman–Crippen MR) is 117 cm³/mol. The molecule has 0 unspecified atom stereocenters. The predicted octanol–water partition coefficient (Wildman–Crippen LogP) is 3.70.